The third-order valence-electron chi connectivity index (χ3n) is 2.04. The van der Waals surface area contributed by atoms with Crippen molar-refractivity contribution in [2.75, 3.05) is 0 Å². The van der Waals surface area contributed by atoms with Crippen LogP contribution in [0.15, 0.2) is 12.3 Å². The number of aromatic nitrogens is 1. The van der Waals surface area contributed by atoms with Gasteiger partial charge in [0.15, 0.2) is 0 Å². The monoisotopic (exact) mass is 179 g/mol. The SMILES string of the molecule is Cc1cc(C(C)C)ncc1B(O)O. The van der Waals surface area contributed by atoms with E-state index in [0.717, 1.165) is 11.3 Å². The lowest BCUT2D eigenvalue weighted by Gasteiger charge is -2.08. The van der Waals surface area contributed by atoms with E-state index in [-0.39, 0.29) is 0 Å². The molecule has 0 saturated carbocycles. The van der Waals surface area contributed by atoms with Crippen LogP contribution in [0.3, 0.4) is 0 Å². The largest absolute Gasteiger partial charge is 0.490 e. The fraction of sp³-hybridized carbons (Fsp3) is 0.444. The Morgan fingerprint density at radius 1 is 1.38 bits per heavy atom. The van der Waals surface area contributed by atoms with E-state index in [0.29, 0.717) is 11.4 Å². The Morgan fingerprint density at radius 2 is 2.00 bits per heavy atom. The highest BCUT2D eigenvalue weighted by Crippen LogP contribution is 2.10. The molecule has 0 aliphatic heterocycles. The van der Waals surface area contributed by atoms with E-state index in [1.54, 1.807) is 0 Å². The van der Waals surface area contributed by atoms with E-state index in [1.165, 1.54) is 6.20 Å². The molecule has 13 heavy (non-hydrogen) atoms. The summed E-state index contributed by atoms with van der Waals surface area (Å²) in [5, 5.41) is 17.9. The van der Waals surface area contributed by atoms with Gasteiger partial charge in [-0.15, -0.1) is 0 Å². The third kappa shape index (κ3) is 2.29. The summed E-state index contributed by atoms with van der Waals surface area (Å²) < 4.78 is 0. The smallest absolute Gasteiger partial charge is 0.423 e. The number of hydrogen-bond acceptors (Lipinski definition) is 3. The Hall–Kier alpha value is -0.865. The maximum Gasteiger partial charge on any atom is 0.490 e. The second-order valence-electron chi connectivity index (χ2n) is 3.49. The molecule has 70 valence electrons. The molecular weight excluding hydrogens is 165 g/mol. The van der Waals surface area contributed by atoms with Gasteiger partial charge in [-0.3, -0.25) is 4.98 Å². The standard InChI is InChI=1S/C9H14BNO2/c1-6(2)9-4-7(3)8(5-11-9)10(12)13/h4-6,12-13H,1-3H3. The van der Waals surface area contributed by atoms with Gasteiger partial charge < -0.3 is 10.0 Å². The Morgan fingerprint density at radius 3 is 2.38 bits per heavy atom. The van der Waals surface area contributed by atoms with Crippen LogP contribution in [0.2, 0.25) is 0 Å². The van der Waals surface area contributed by atoms with Crippen molar-refractivity contribution >= 4 is 12.6 Å². The van der Waals surface area contributed by atoms with Crippen LogP contribution < -0.4 is 5.46 Å². The molecule has 0 aliphatic rings. The molecule has 1 heterocycles. The molecule has 0 aliphatic carbocycles. The Kier molecular flexibility index (Phi) is 3.06. The van der Waals surface area contributed by atoms with Crippen LogP contribution in [-0.4, -0.2) is 22.2 Å². The summed E-state index contributed by atoms with van der Waals surface area (Å²) in [6, 6.07) is 1.89. The molecule has 1 aromatic rings. The number of pyridine rings is 1. The lowest BCUT2D eigenvalue weighted by atomic mass is 9.78. The third-order valence-corrected chi connectivity index (χ3v) is 2.04. The minimum Gasteiger partial charge on any atom is -0.423 e. The van der Waals surface area contributed by atoms with Gasteiger partial charge in [0.05, 0.1) is 0 Å². The van der Waals surface area contributed by atoms with E-state index in [2.05, 4.69) is 18.8 Å². The fourth-order valence-corrected chi connectivity index (χ4v) is 1.17. The molecule has 0 spiro atoms. The molecule has 0 aromatic carbocycles. The van der Waals surface area contributed by atoms with Gasteiger partial charge in [-0.2, -0.15) is 0 Å². The van der Waals surface area contributed by atoms with Crippen molar-refractivity contribution in [3.05, 3.63) is 23.5 Å². The topological polar surface area (TPSA) is 53.4 Å². The number of rotatable bonds is 2. The Labute approximate surface area is 78.6 Å². The molecule has 0 unspecified atom stereocenters. The molecule has 0 fully saturated rings. The molecule has 3 nitrogen and oxygen atoms in total. The lowest BCUT2D eigenvalue weighted by molar-refractivity contribution is 0.425. The van der Waals surface area contributed by atoms with E-state index >= 15 is 0 Å². The minimum absolute atomic E-state index is 0.364. The maximum atomic E-state index is 8.95. The molecule has 2 N–H and O–H groups in total. The van der Waals surface area contributed by atoms with Gasteiger partial charge in [0.1, 0.15) is 0 Å². The second kappa shape index (κ2) is 3.90. The first-order valence-electron chi connectivity index (χ1n) is 4.35. The molecule has 4 heteroatoms. The van der Waals surface area contributed by atoms with Crippen LogP contribution >= 0.6 is 0 Å². The summed E-state index contributed by atoms with van der Waals surface area (Å²) in [5.41, 5.74) is 2.32. The number of hydrogen-bond donors (Lipinski definition) is 2. The van der Waals surface area contributed by atoms with Gasteiger partial charge in [-0.25, -0.2) is 0 Å². The molecule has 0 bridgehead atoms. The molecular formula is C9H14BNO2. The maximum absolute atomic E-state index is 8.95. The first kappa shape index (κ1) is 10.2. The second-order valence-corrected chi connectivity index (χ2v) is 3.49. The van der Waals surface area contributed by atoms with Crippen molar-refractivity contribution < 1.29 is 10.0 Å². The van der Waals surface area contributed by atoms with E-state index in [1.807, 2.05) is 13.0 Å². The van der Waals surface area contributed by atoms with Gasteiger partial charge in [0.2, 0.25) is 0 Å². The van der Waals surface area contributed by atoms with Crippen LogP contribution in [0.5, 0.6) is 0 Å². The molecule has 0 atom stereocenters. The normalized spacial score (nSPS) is 10.6. The van der Waals surface area contributed by atoms with Gasteiger partial charge in [-0.05, 0) is 24.5 Å². The van der Waals surface area contributed by atoms with Crippen molar-refractivity contribution in [2.24, 2.45) is 0 Å². The fourth-order valence-electron chi connectivity index (χ4n) is 1.17. The van der Waals surface area contributed by atoms with Crippen LogP contribution in [0.1, 0.15) is 31.0 Å². The molecule has 0 radical (unpaired) electrons. The van der Waals surface area contributed by atoms with E-state index in [9.17, 15) is 0 Å². The molecule has 0 saturated heterocycles. The van der Waals surface area contributed by atoms with Gasteiger partial charge >= 0.3 is 7.12 Å². The van der Waals surface area contributed by atoms with Gasteiger partial charge in [-0.1, -0.05) is 13.8 Å². The predicted octanol–water partition coefficient (Wildman–Crippen LogP) is 0.193. The minimum atomic E-state index is -1.42. The van der Waals surface area contributed by atoms with Gasteiger partial charge in [0.25, 0.3) is 0 Å². The van der Waals surface area contributed by atoms with Crippen LogP contribution in [0.4, 0.5) is 0 Å². The van der Waals surface area contributed by atoms with Crippen LogP contribution in [-0.2, 0) is 0 Å². The summed E-state index contributed by atoms with van der Waals surface area (Å²) in [6.45, 7) is 5.95. The van der Waals surface area contributed by atoms with Gasteiger partial charge in [0, 0.05) is 17.4 Å². The Balaban J connectivity index is 3.06. The van der Waals surface area contributed by atoms with Crippen LogP contribution in [0.25, 0.3) is 0 Å². The van der Waals surface area contributed by atoms with Crippen molar-refractivity contribution in [1.82, 2.24) is 4.98 Å². The van der Waals surface area contributed by atoms with E-state index in [4.69, 9.17) is 10.0 Å². The number of aryl methyl sites for hydroxylation is 1. The first-order valence-corrected chi connectivity index (χ1v) is 4.35. The highest BCUT2D eigenvalue weighted by atomic mass is 16.4. The van der Waals surface area contributed by atoms with Crippen LogP contribution in [0, 0.1) is 6.92 Å². The zero-order valence-electron chi connectivity index (χ0n) is 8.15. The molecule has 1 rings (SSSR count). The molecule has 0 amide bonds. The zero-order valence-corrected chi connectivity index (χ0v) is 8.15. The highest BCUT2D eigenvalue weighted by Gasteiger charge is 2.15. The van der Waals surface area contributed by atoms with E-state index < -0.39 is 7.12 Å². The summed E-state index contributed by atoms with van der Waals surface area (Å²) in [5.74, 6) is 0.364. The summed E-state index contributed by atoms with van der Waals surface area (Å²) in [6.07, 6.45) is 1.52. The lowest BCUT2D eigenvalue weighted by Crippen LogP contribution is -2.32. The Bertz CT molecular complexity index is 300. The van der Waals surface area contributed by atoms with Crippen molar-refractivity contribution in [1.29, 1.82) is 0 Å². The average molecular weight is 179 g/mol. The molecule has 1 aromatic heterocycles. The quantitative estimate of drug-likeness (QED) is 0.637. The van der Waals surface area contributed by atoms with Crippen molar-refractivity contribution in [3.8, 4) is 0 Å². The van der Waals surface area contributed by atoms with Crippen molar-refractivity contribution in [2.45, 2.75) is 26.7 Å². The predicted molar refractivity (Wildman–Crippen MR) is 52.9 cm³/mol. The first-order chi connectivity index (χ1) is 6.02. The zero-order chi connectivity index (χ0) is 10.0. The van der Waals surface area contributed by atoms with Crippen molar-refractivity contribution in [3.63, 3.8) is 0 Å². The summed E-state index contributed by atoms with van der Waals surface area (Å²) in [7, 11) is -1.42. The summed E-state index contributed by atoms with van der Waals surface area (Å²) in [4.78, 5) is 4.14. The number of nitrogens with zero attached hydrogens (tertiary/aromatic N) is 1. The highest BCUT2D eigenvalue weighted by molar-refractivity contribution is 6.59. The summed E-state index contributed by atoms with van der Waals surface area (Å²) >= 11 is 0. The average Bonchev–Trinajstić information content (AvgIpc) is 2.03.